The molecule has 0 aromatic carbocycles. The Bertz CT molecular complexity index is 1720. The van der Waals surface area contributed by atoms with Gasteiger partial charge in [-0.2, -0.15) is 0 Å². The molecule has 0 saturated heterocycles. The van der Waals surface area contributed by atoms with Crippen LogP contribution in [0.4, 0.5) is 0 Å². The lowest BCUT2D eigenvalue weighted by Crippen LogP contribution is -2.30. The van der Waals surface area contributed by atoms with Crippen molar-refractivity contribution in [3.05, 3.63) is 0 Å². The summed E-state index contributed by atoms with van der Waals surface area (Å²) in [5.74, 6) is 0.0961. The molecule has 0 aromatic rings. The van der Waals surface area contributed by atoms with Gasteiger partial charge in [0.15, 0.2) is 12.2 Å². The van der Waals surface area contributed by atoms with E-state index in [1.165, 1.54) is 141 Å². The minimum Gasteiger partial charge on any atom is -0.462 e. The molecule has 0 heterocycles. The number of hydrogen-bond acceptors (Lipinski definition) is 15. The standard InChI is InChI=1S/C68H132O17P2/c1-8-12-13-14-15-16-17-18-19-20-21-22-27-37-44-51-67(72)84-63(55-78-65(70)49-42-35-26-24-23-25-32-39-46-59(5)9-2)57-82-86(74,75)80-53-62(69)54-81-87(76,77)83-58-64(85-68(73)52-45-38-31-29-34-41-48-61(7)11-4)56-79-66(71)50-43-36-30-28-33-40-47-60(6)10-3/h59-64,69H,8-58H2,1-7H3,(H,74,75)(H,76,77)/t59?,60?,61?,62-,63-,64-/m1/s1. The Balaban J connectivity index is 5.26. The summed E-state index contributed by atoms with van der Waals surface area (Å²) in [6.07, 6.45) is 41.7. The zero-order valence-corrected chi connectivity index (χ0v) is 58.3. The van der Waals surface area contributed by atoms with Gasteiger partial charge in [-0.3, -0.25) is 37.3 Å². The highest BCUT2D eigenvalue weighted by atomic mass is 31.2. The third kappa shape index (κ3) is 58.9. The molecule has 8 atom stereocenters. The number of phosphoric ester groups is 2. The summed E-state index contributed by atoms with van der Waals surface area (Å²) in [5, 5.41) is 10.6. The second-order valence-electron chi connectivity index (χ2n) is 25.3. The number of rotatable bonds is 66. The quantitative estimate of drug-likeness (QED) is 0.0222. The van der Waals surface area contributed by atoms with Gasteiger partial charge < -0.3 is 33.8 Å². The maximum atomic E-state index is 13.0. The highest BCUT2D eigenvalue weighted by molar-refractivity contribution is 7.47. The normalized spacial score (nSPS) is 15.2. The van der Waals surface area contributed by atoms with E-state index in [0.717, 1.165) is 114 Å². The van der Waals surface area contributed by atoms with Crippen LogP contribution < -0.4 is 0 Å². The van der Waals surface area contributed by atoms with Crippen molar-refractivity contribution in [3.8, 4) is 0 Å². The third-order valence-corrected chi connectivity index (χ3v) is 18.6. The van der Waals surface area contributed by atoms with Gasteiger partial charge in [0, 0.05) is 25.7 Å². The predicted octanol–water partition coefficient (Wildman–Crippen LogP) is 19.1. The highest BCUT2D eigenvalue weighted by Gasteiger charge is 2.30. The molecule has 516 valence electrons. The van der Waals surface area contributed by atoms with E-state index in [9.17, 15) is 43.2 Å². The van der Waals surface area contributed by atoms with Crippen molar-refractivity contribution in [1.82, 2.24) is 0 Å². The zero-order chi connectivity index (χ0) is 64.5. The molecule has 17 nitrogen and oxygen atoms in total. The molecule has 0 radical (unpaired) electrons. The van der Waals surface area contributed by atoms with Crippen molar-refractivity contribution in [3.63, 3.8) is 0 Å². The van der Waals surface area contributed by atoms with E-state index in [2.05, 4.69) is 48.5 Å². The largest absolute Gasteiger partial charge is 0.472 e. The molecule has 0 aliphatic rings. The van der Waals surface area contributed by atoms with Crippen LogP contribution in [0, 0.1) is 17.8 Å². The monoisotopic (exact) mass is 1280 g/mol. The summed E-state index contributed by atoms with van der Waals surface area (Å²) < 4.78 is 68.2. The van der Waals surface area contributed by atoms with E-state index in [1.54, 1.807) is 0 Å². The van der Waals surface area contributed by atoms with Gasteiger partial charge in [0.05, 0.1) is 26.4 Å². The van der Waals surface area contributed by atoms with Gasteiger partial charge in [-0.25, -0.2) is 9.13 Å². The van der Waals surface area contributed by atoms with Gasteiger partial charge in [-0.15, -0.1) is 0 Å². The van der Waals surface area contributed by atoms with E-state index in [1.807, 2.05) is 0 Å². The van der Waals surface area contributed by atoms with Gasteiger partial charge in [-0.05, 0) is 43.4 Å². The molecule has 5 unspecified atom stereocenters. The number of carbonyl (C=O) groups excluding carboxylic acids is 4. The van der Waals surface area contributed by atoms with Crippen LogP contribution in [-0.4, -0.2) is 96.7 Å². The Morgan fingerprint density at radius 2 is 0.552 bits per heavy atom. The molecule has 0 fully saturated rings. The number of aliphatic hydroxyl groups excluding tert-OH is 1. The number of aliphatic hydroxyl groups is 1. The summed E-state index contributed by atoms with van der Waals surface area (Å²) in [6.45, 7) is 11.7. The molecule has 0 bridgehead atoms. The van der Waals surface area contributed by atoms with E-state index in [-0.39, 0.29) is 25.7 Å². The molecule has 87 heavy (non-hydrogen) atoms. The fourth-order valence-electron chi connectivity index (χ4n) is 10.1. The maximum absolute atomic E-state index is 13.0. The number of carbonyl (C=O) groups is 4. The first-order valence-electron chi connectivity index (χ1n) is 35.5. The average molecular weight is 1280 g/mol. The molecule has 19 heteroatoms. The topological polar surface area (TPSA) is 237 Å². The SMILES string of the molecule is CCCCCCCCCCCCCCCCCC(=O)O[C@H](COC(=O)CCCCCCCCCCC(C)CC)COP(=O)(O)OC[C@@H](O)COP(=O)(O)OC[C@@H](COC(=O)CCCCCCCCC(C)CC)OC(=O)CCCCCCCCC(C)CC. The molecule has 0 spiro atoms. The zero-order valence-electron chi connectivity index (χ0n) is 56.5. The molecular weight excluding hydrogens is 1150 g/mol. The summed E-state index contributed by atoms with van der Waals surface area (Å²) in [7, 11) is -9.90. The van der Waals surface area contributed by atoms with Crippen LogP contribution >= 0.6 is 15.6 Å². The summed E-state index contributed by atoms with van der Waals surface area (Å²) in [5.41, 5.74) is 0. The van der Waals surface area contributed by atoms with Crippen molar-refractivity contribution in [2.45, 2.75) is 356 Å². The first kappa shape index (κ1) is 85.1. The van der Waals surface area contributed by atoms with Crippen LogP contribution in [0.25, 0.3) is 0 Å². The van der Waals surface area contributed by atoms with Crippen molar-refractivity contribution < 1.29 is 80.2 Å². The molecule has 0 aromatic heterocycles. The number of esters is 4. The number of phosphoric acid groups is 2. The van der Waals surface area contributed by atoms with Crippen LogP contribution in [0.15, 0.2) is 0 Å². The lowest BCUT2D eigenvalue weighted by molar-refractivity contribution is -0.161. The fourth-order valence-corrected chi connectivity index (χ4v) is 11.7. The van der Waals surface area contributed by atoms with E-state index < -0.39 is 97.5 Å². The molecule has 3 N–H and O–H groups in total. The van der Waals surface area contributed by atoms with E-state index >= 15 is 0 Å². The lowest BCUT2D eigenvalue weighted by atomic mass is 9.99. The second-order valence-corrected chi connectivity index (χ2v) is 28.2. The smallest absolute Gasteiger partial charge is 0.462 e. The van der Waals surface area contributed by atoms with E-state index in [4.69, 9.17) is 37.0 Å². The van der Waals surface area contributed by atoms with Crippen LogP contribution in [0.3, 0.4) is 0 Å². The minimum absolute atomic E-state index is 0.102. The Morgan fingerprint density at radius 1 is 0.322 bits per heavy atom. The Morgan fingerprint density at radius 3 is 0.816 bits per heavy atom. The van der Waals surface area contributed by atoms with Crippen LogP contribution in [0.1, 0.15) is 337 Å². The lowest BCUT2D eigenvalue weighted by Gasteiger charge is -2.21. The molecule has 0 amide bonds. The maximum Gasteiger partial charge on any atom is 0.472 e. The summed E-state index contributed by atoms with van der Waals surface area (Å²) in [6, 6.07) is 0. The highest BCUT2D eigenvalue weighted by Crippen LogP contribution is 2.45. The van der Waals surface area contributed by atoms with Gasteiger partial charge in [0.1, 0.15) is 19.3 Å². The molecule has 0 rings (SSSR count). The third-order valence-electron chi connectivity index (χ3n) is 16.7. The Labute approximate surface area is 530 Å². The predicted molar refractivity (Wildman–Crippen MR) is 349 cm³/mol. The summed E-state index contributed by atoms with van der Waals surface area (Å²) >= 11 is 0. The second kappa shape index (κ2) is 59.1. The van der Waals surface area contributed by atoms with Crippen molar-refractivity contribution in [2.75, 3.05) is 39.6 Å². The molecular formula is C68H132O17P2. The van der Waals surface area contributed by atoms with Crippen molar-refractivity contribution in [1.29, 1.82) is 0 Å². The fraction of sp³-hybridized carbons (Fsp3) is 0.941. The Hall–Kier alpha value is -1.94. The first-order chi connectivity index (χ1) is 41.8. The first-order valence-corrected chi connectivity index (χ1v) is 38.5. The van der Waals surface area contributed by atoms with Gasteiger partial charge in [-0.1, -0.05) is 286 Å². The van der Waals surface area contributed by atoms with Crippen molar-refractivity contribution >= 4 is 39.5 Å². The van der Waals surface area contributed by atoms with Crippen LogP contribution in [-0.2, 0) is 65.4 Å². The molecule has 0 aliphatic heterocycles. The average Bonchev–Trinajstić information content (AvgIpc) is 3.63. The van der Waals surface area contributed by atoms with Gasteiger partial charge in [0.2, 0.25) is 0 Å². The van der Waals surface area contributed by atoms with Crippen LogP contribution in [0.2, 0.25) is 0 Å². The number of ether oxygens (including phenoxy) is 4. The minimum atomic E-state index is -4.95. The van der Waals surface area contributed by atoms with Gasteiger partial charge in [0.25, 0.3) is 0 Å². The molecule has 0 saturated carbocycles. The van der Waals surface area contributed by atoms with Gasteiger partial charge >= 0.3 is 39.5 Å². The summed E-state index contributed by atoms with van der Waals surface area (Å²) in [4.78, 5) is 72.4. The van der Waals surface area contributed by atoms with E-state index in [0.29, 0.717) is 25.7 Å². The van der Waals surface area contributed by atoms with Crippen molar-refractivity contribution in [2.24, 2.45) is 17.8 Å². The number of hydrogen-bond donors (Lipinski definition) is 3. The molecule has 0 aliphatic carbocycles. The number of unbranched alkanes of at least 4 members (excludes halogenated alkanes) is 31. The Kier molecular flexibility index (Phi) is 57.8. The van der Waals surface area contributed by atoms with Crippen LogP contribution in [0.5, 0.6) is 0 Å².